The molecule has 1 aromatic rings. The highest BCUT2D eigenvalue weighted by atomic mass is 32.2. The molecule has 0 bridgehead atoms. The van der Waals surface area contributed by atoms with Crippen LogP contribution in [0.25, 0.3) is 0 Å². The average molecular weight is 316 g/mol. The molecule has 21 heavy (non-hydrogen) atoms. The number of anilines is 1. The topological polar surface area (TPSA) is 119 Å². The van der Waals surface area contributed by atoms with Crippen LogP contribution in [-0.2, 0) is 19.4 Å². The second kappa shape index (κ2) is 7.39. The van der Waals surface area contributed by atoms with Crippen LogP contribution in [0.1, 0.15) is 12.8 Å². The zero-order valence-corrected chi connectivity index (χ0v) is 12.8. The van der Waals surface area contributed by atoms with Gasteiger partial charge in [-0.2, -0.15) is 0 Å². The number of carbonyl (C=O) groups is 1. The maximum Gasteiger partial charge on any atom is 0.241 e. The fourth-order valence-electron chi connectivity index (χ4n) is 1.65. The standard InChI is InChI=1S/C13H20N2O5S/c1-20-7-3-4-10(14)13(17)15-11-8-9(21(2,18)19)5-6-12(11)16/h5-6,8,10,16H,3-4,7,14H2,1-2H3,(H,15,17). The highest BCUT2D eigenvalue weighted by Crippen LogP contribution is 2.26. The predicted molar refractivity (Wildman–Crippen MR) is 78.9 cm³/mol. The first-order chi connectivity index (χ1) is 9.75. The van der Waals surface area contributed by atoms with Crippen LogP contribution < -0.4 is 11.1 Å². The Hall–Kier alpha value is -1.64. The van der Waals surface area contributed by atoms with E-state index in [1.54, 1.807) is 7.11 Å². The third-order valence-electron chi connectivity index (χ3n) is 2.85. The molecule has 0 saturated heterocycles. The minimum absolute atomic E-state index is 0.00329. The first-order valence-corrected chi connectivity index (χ1v) is 8.23. The van der Waals surface area contributed by atoms with Crippen LogP contribution in [0.2, 0.25) is 0 Å². The first kappa shape index (κ1) is 17.4. The van der Waals surface area contributed by atoms with Crippen molar-refractivity contribution >= 4 is 21.4 Å². The highest BCUT2D eigenvalue weighted by molar-refractivity contribution is 7.90. The van der Waals surface area contributed by atoms with Crippen molar-refractivity contribution in [3.8, 4) is 5.75 Å². The van der Waals surface area contributed by atoms with E-state index in [1.165, 1.54) is 18.2 Å². The summed E-state index contributed by atoms with van der Waals surface area (Å²) in [7, 11) is -1.87. The highest BCUT2D eigenvalue weighted by Gasteiger charge is 2.17. The van der Waals surface area contributed by atoms with Crippen molar-refractivity contribution in [1.82, 2.24) is 0 Å². The van der Waals surface area contributed by atoms with Gasteiger partial charge >= 0.3 is 0 Å². The number of nitrogens with two attached hydrogens (primary N) is 1. The number of amides is 1. The molecule has 0 radical (unpaired) electrons. The van der Waals surface area contributed by atoms with Gasteiger partial charge in [-0.05, 0) is 31.0 Å². The van der Waals surface area contributed by atoms with Crippen LogP contribution in [0.5, 0.6) is 5.75 Å². The Bertz CT molecular complexity index is 601. The number of phenolic OH excluding ortho intramolecular Hbond substituents is 1. The number of ether oxygens (including phenoxy) is 1. The Morgan fingerprint density at radius 2 is 2.14 bits per heavy atom. The van der Waals surface area contributed by atoms with E-state index in [0.29, 0.717) is 19.4 Å². The Labute approximate surface area is 124 Å². The molecule has 0 spiro atoms. The van der Waals surface area contributed by atoms with Gasteiger partial charge in [0.05, 0.1) is 16.6 Å². The molecule has 0 fully saturated rings. The van der Waals surface area contributed by atoms with Gasteiger partial charge in [-0.3, -0.25) is 4.79 Å². The summed E-state index contributed by atoms with van der Waals surface area (Å²) in [5, 5.41) is 12.1. The summed E-state index contributed by atoms with van der Waals surface area (Å²) in [5.41, 5.74) is 5.73. The molecule has 0 aliphatic rings. The molecule has 0 aliphatic carbocycles. The van der Waals surface area contributed by atoms with Gasteiger partial charge in [-0.25, -0.2) is 8.42 Å². The molecule has 118 valence electrons. The second-order valence-corrected chi connectivity index (χ2v) is 6.70. The maximum absolute atomic E-state index is 11.9. The number of benzene rings is 1. The Morgan fingerprint density at radius 1 is 1.48 bits per heavy atom. The quantitative estimate of drug-likeness (QED) is 0.497. The van der Waals surface area contributed by atoms with E-state index in [0.717, 1.165) is 6.26 Å². The number of rotatable bonds is 7. The largest absolute Gasteiger partial charge is 0.506 e. The van der Waals surface area contributed by atoms with Gasteiger partial charge in [0.25, 0.3) is 0 Å². The zero-order chi connectivity index (χ0) is 16.0. The van der Waals surface area contributed by atoms with E-state index >= 15 is 0 Å². The van der Waals surface area contributed by atoms with Crippen LogP contribution in [0.3, 0.4) is 0 Å². The number of hydrogen-bond donors (Lipinski definition) is 3. The monoisotopic (exact) mass is 316 g/mol. The molecule has 8 heteroatoms. The molecular weight excluding hydrogens is 296 g/mol. The summed E-state index contributed by atoms with van der Waals surface area (Å²) < 4.78 is 27.8. The lowest BCUT2D eigenvalue weighted by molar-refractivity contribution is -0.117. The first-order valence-electron chi connectivity index (χ1n) is 6.34. The molecule has 0 saturated carbocycles. The number of nitrogens with one attached hydrogen (secondary N) is 1. The molecule has 1 amide bonds. The van der Waals surface area contributed by atoms with Gasteiger partial charge in [-0.1, -0.05) is 0 Å². The number of hydrogen-bond acceptors (Lipinski definition) is 6. The van der Waals surface area contributed by atoms with E-state index in [9.17, 15) is 18.3 Å². The minimum atomic E-state index is -3.43. The fraction of sp³-hybridized carbons (Fsp3) is 0.462. The molecule has 0 aromatic heterocycles. The molecule has 4 N–H and O–H groups in total. The number of sulfone groups is 1. The molecular formula is C13H20N2O5S. The van der Waals surface area contributed by atoms with E-state index in [-0.39, 0.29) is 16.3 Å². The number of carbonyl (C=O) groups excluding carboxylic acids is 1. The summed E-state index contributed by atoms with van der Waals surface area (Å²) in [4.78, 5) is 11.9. The molecule has 1 unspecified atom stereocenters. The second-order valence-electron chi connectivity index (χ2n) is 4.68. The Kier molecular flexibility index (Phi) is 6.13. The van der Waals surface area contributed by atoms with Crippen molar-refractivity contribution in [1.29, 1.82) is 0 Å². The Morgan fingerprint density at radius 3 is 2.71 bits per heavy atom. The molecule has 0 aliphatic heterocycles. The summed E-state index contributed by atoms with van der Waals surface area (Å²) in [6.07, 6.45) is 2.09. The average Bonchev–Trinajstić information content (AvgIpc) is 2.40. The van der Waals surface area contributed by atoms with E-state index in [4.69, 9.17) is 10.5 Å². The molecule has 1 rings (SSSR count). The summed E-state index contributed by atoms with van der Waals surface area (Å²) >= 11 is 0. The fourth-order valence-corrected chi connectivity index (χ4v) is 2.30. The van der Waals surface area contributed by atoms with Crippen LogP contribution >= 0.6 is 0 Å². The van der Waals surface area contributed by atoms with Crippen molar-refractivity contribution in [2.75, 3.05) is 25.3 Å². The smallest absolute Gasteiger partial charge is 0.241 e. The van der Waals surface area contributed by atoms with Gasteiger partial charge in [0.15, 0.2) is 9.84 Å². The van der Waals surface area contributed by atoms with Crippen molar-refractivity contribution in [3.63, 3.8) is 0 Å². The van der Waals surface area contributed by atoms with E-state index in [1.807, 2.05) is 0 Å². The molecule has 0 heterocycles. The van der Waals surface area contributed by atoms with Gasteiger partial charge in [-0.15, -0.1) is 0 Å². The van der Waals surface area contributed by atoms with E-state index in [2.05, 4.69) is 5.32 Å². The van der Waals surface area contributed by atoms with Crippen molar-refractivity contribution in [2.45, 2.75) is 23.8 Å². The lowest BCUT2D eigenvalue weighted by atomic mass is 10.1. The zero-order valence-electron chi connectivity index (χ0n) is 12.0. The molecule has 7 nitrogen and oxygen atoms in total. The third kappa shape index (κ3) is 5.33. The molecule has 1 atom stereocenters. The van der Waals surface area contributed by atoms with Crippen LogP contribution in [0.4, 0.5) is 5.69 Å². The predicted octanol–water partition coefficient (Wildman–Crippen LogP) is 0.488. The third-order valence-corrected chi connectivity index (χ3v) is 3.96. The van der Waals surface area contributed by atoms with E-state index < -0.39 is 21.8 Å². The molecule has 1 aromatic carbocycles. The lowest BCUT2D eigenvalue weighted by Gasteiger charge is -2.13. The lowest BCUT2D eigenvalue weighted by Crippen LogP contribution is -2.35. The van der Waals surface area contributed by atoms with Crippen molar-refractivity contribution < 1.29 is 23.1 Å². The van der Waals surface area contributed by atoms with Crippen LogP contribution in [0.15, 0.2) is 23.1 Å². The Balaban J connectivity index is 2.80. The minimum Gasteiger partial charge on any atom is -0.506 e. The normalized spacial score (nSPS) is 12.9. The van der Waals surface area contributed by atoms with Crippen LogP contribution in [-0.4, -0.2) is 45.4 Å². The summed E-state index contributed by atoms with van der Waals surface area (Å²) in [6.45, 7) is 0.496. The number of phenols is 1. The van der Waals surface area contributed by atoms with Crippen molar-refractivity contribution in [3.05, 3.63) is 18.2 Å². The van der Waals surface area contributed by atoms with Crippen molar-refractivity contribution in [2.24, 2.45) is 5.73 Å². The maximum atomic E-state index is 11.9. The van der Waals surface area contributed by atoms with Gasteiger partial charge in [0.2, 0.25) is 5.91 Å². The summed E-state index contributed by atoms with van der Waals surface area (Å²) in [6, 6.07) is 2.91. The van der Waals surface area contributed by atoms with Gasteiger partial charge in [0, 0.05) is 20.0 Å². The summed E-state index contributed by atoms with van der Waals surface area (Å²) in [5.74, 6) is -0.716. The SMILES string of the molecule is COCCCC(N)C(=O)Nc1cc(S(C)(=O)=O)ccc1O. The van der Waals surface area contributed by atoms with Gasteiger partial charge in [0.1, 0.15) is 5.75 Å². The van der Waals surface area contributed by atoms with Gasteiger partial charge < -0.3 is 20.9 Å². The van der Waals surface area contributed by atoms with Crippen LogP contribution in [0, 0.1) is 0 Å². The number of aromatic hydroxyl groups is 1. The number of methoxy groups -OCH3 is 1.